The molecule has 0 amide bonds. The zero-order valence-corrected chi connectivity index (χ0v) is 21.4. The molecule has 1 unspecified atom stereocenters. The summed E-state index contributed by atoms with van der Waals surface area (Å²) in [6.45, 7) is 18.8. The fourth-order valence-corrected chi connectivity index (χ4v) is 4.09. The van der Waals surface area contributed by atoms with Gasteiger partial charge in [-0.3, -0.25) is 4.98 Å². The number of rotatable bonds is 14. The van der Waals surface area contributed by atoms with Gasteiger partial charge in [-0.1, -0.05) is 6.07 Å². The molecule has 5 heteroatoms. The van der Waals surface area contributed by atoms with E-state index in [-0.39, 0.29) is 22.9 Å². The highest BCUT2D eigenvalue weighted by Crippen LogP contribution is 2.28. The summed E-state index contributed by atoms with van der Waals surface area (Å²) in [6, 6.07) is 10.0. The molecule has 1 heterocycles. The van der Waals surface area contributed by atoms with Crippen molar-refractivity contribution in [2.45, 2.75) is 97.6 Å². The topological polar surface area (TPSA) is 49.8 Å². The predicted octanol–water partition coefficient (Wildman–Crippen LogP) is 6.58. The van der Waals surface area contributed by atoms with Crippen molar-refractivity contribution in [2.24, 2.45) is 0 Å². The Morgan fingerprint density at radius 3 is 2.19 bits per heavy atom. The van der Waals surface area contributed by atoms with Gasteiger partial charge in [0.2, 0.25) is 0 Å². The second-order valence-electron chi connectivity index (χ2n) is 10.3. The first-order valence-electron chi connectivity index (χ1n) is 11.9. The summed E-state index contributed by atoms with van der Waals surface area (Å²) >= 11 is 0. The van der Waals surface area contributed by atoms with Crippen molar-refractivity contribution < 1.29 is 18.9 Å². The van der Waals surface area contributed by atoms with Crippen LogP contribution in [0.3, 0.4) is 0 Å². The van der Waals surface area contributed by atoms with Gasteiger partial charge < -0.3 is 18.9 Å². The monoisotopic (exact) mass is 445 g/mol. The van der Waals surface area contributed by atoms with E-state index in [1.54, 1.807) is 6.20 Å². The van der Waals surface area contributed by atoms with Crippen LogP contribution in [0.5, 0.6) is 5.75 Å². The van der Waals surface area contributed by atoms with Gasteiger partial charge in [0, 0.05) is 44.1 Å². The van der Waals surface area contributed by atoms with Gasteiger partial charge in [0.05, 0.1) is 29.4 Å². The van der Waals surface area contributed by atoms with Crippen LogP contribution >= 0.6 is 0 Å². The van der Waals surface area contributed by atoms with E-state index in [1.165, 1.54) is 0 Å². The second kappa shape index (κ2) is 11.4. The molecule has 0 fully saturated rings. The van der Waals surface area contributed by atoms with Gasteiger partial charge in [-0.05, 0) is 79.7 Å². The van der Waals surface area contributed by atoms with Crippen LogP contribution in [0, 0.1) is 0 Å². The molecular formula is C27H43NO4. The smallest absolute Gasteiger partial charge is 0.120 e. The minimum Gasteiger partial charge on any atom is -0.488 e. The molecule has 0 saturated heterocycles. The molecule has 0 radical (unpaired) electrons. The molecule has 0 bridgehead atoms. The van der Waals surface area contributed by atoms with Crippen molar-refractivity contribution in [3.05, 3.63) is 36.5 Å². The van der Waals surface area contributed by atoms with Crippen LogP contribution in [-0.4, -0.2) is 47.7 Å². The molecule has 180 valence electrons. The maximum Gasteiger partial charge on any atom is 0.120 e. The molecule has 2 aromatic rings. The first-order valence-corrected chi connectivity index (χ1v) is 11.9. The fraction of sp³-hybridized carbons (Fsp3) is 0.667. The Kier molecular flexibility index (Phi) is 9.50. The molecule has 2 rings (SSSR count). The summed E-state index contributed by atoms with van der Waals surface area (Å²) in [5, 5.41) is 1.08. The summed E-state index contributed by atoms with van der Waals surface area (Å²) in [7, 11) is 0. The number of fused-ring (bicyclic) bond motifs is 1. The van der Waals surface area contributed by atoms with Crippen molar-refractivity contribution >= 4 is 10.9 Å². The number of hydrogen-bond acceptors (Lipinski definition) is 5. The van der Waals surface area contributed by atoms with Gasteiger partial charge in [-0.2, -0.15) is 0 Å². The molecule has 0 aliphatic rings. The lowest BCUT2D eigenvalue weighted by atomic mass is 9.92. The lowest BCUT2D eigenvalue weighted by molar-refractivity contribution is -0.101. The maximum absolute atomic E-state index is 6.31. The third-order valence-corrected chi connectivity index (χ3v) is 5.54. The van der Waals surface area contributed by atoms with Crippen molar-refractivity contribution in [1.82, 2.24) is 4.98 Å². The molecule has 0 aliphatic heterocycles. The molecule has 1 aromatic carbocycles. The van der Waals surface area contributed by atoms with Crippen LogP contribution in [0.25, 0.3) is 10.9 Å². The van der Waals surface area contributed by atoms with Gasteiger partial charge in [0.25, 0.3) is 0 Å². The average Bonchev–Trinajstić information content (AvgIpc) is 2.66. The number of hydrogen-bond donors (Lipinski definition) is 0. The van der Waals surface area contributed by atoms with Crippen LogP contribution in [-0.2, 0) is 14.2 Å². The van der Waals surface area contributed by atoms with Crippen molar-refractivity contribution in [3.63, 3.8) is 0 Å². The van der Waals surface area contributed by atoms with Crippen LogP contribution in [0.4, 0.5) is 0 Å². The van der Waals surface area contributed by atoms with Crippen LogP contribution in [0.15, 0.2) is 36.5 Å². The number of ether oxygens (including phenoxy) is 4. The van der Waals surface area contributed by atoms with Gasteiger partial charge >= 0.3 is 0 Å². The summed E-state index contributed by atoms with van der Waals surface area (Å²) in [5.74, 6) is 0.851. The Bertz CT molecular complexity index is 831. The average molecular weight is 446 g/mol. The fourth-order valence-electron chi connectivity index (χ4n) is 4.09. The van der Waals surface area contributed by atoms with E-state index in [1.807, 2.05) is 38.1 Å². The highest BCUT2D eigenvalue weighted by Gasteiger charge is 2.31. The largest absolute Gasteiger partial charge is 0.488 e. The molecule has 0 spiro atoms. The third-order valence-electron chi connectivity index (χ3n) is 5.54. The lowest BCUT2D eigenvalue weighted by Crippen LogP contribution is -2.38. The standard InChI is InChI=1S/C27H43NO4/c1-9-29-23(19-26(5,6)30-10-2)20-27(7,8)31-17-15-25(3,4)32-22-13-14-24-21(18-22)12-11-16-28-24/h11-14,16,18,23H,9-10,15,17,19-20H2,1-8H3. The molecule has 1 atom stereocenters. The van der Waals surface area contributed by atoms with E-state index in [0.717, 1.165) is 35.9 Å². The zero-order valence-electron chi connectivity index (χ0n) is 21.4. The summed E-state index contributed by atoms with van der Waals surface area (Å²) in [4.78, 5) is 4.37. The van der Waals surface area contributed by atoms with Crippen molar-refractivity contribution in [2.75, 3.05) is 19.8 Å². The molecule has 5 nitrogen and oxygen atoms in total. The normalized spacial score (nSPS) is 14.0. The Morgan fingerprint density at radius 1 is 0.844 bits per heavy atom. The van der Waals surface area contributed by atoms with E-state index in [2.05, 4.69) is 52.6 Å². The quantitative estimate of drug-likeness (QED) is 0.329. The van der Waals surface area contributed by atoms with E-state index in [4.69, 9.17) is 18.9 Å². The molecule has 32 heavy (non-hydrogen) atoms. The minimum atomic E-state index is -0.345. The van der Waals surface area contributed by atoms with Crippen molar-refractivity contribution in [1.29, 1.82) is 0 Å². The van der Waals surface area contributed by atoms with Crippen LogP contribution < -0.4 is 4.74 Å². The van der Waals surface area contributed by atoms with Gasteiger partial charge in [0.1, 0.15) is 11.4 Å². The van der Waals surface area contributed by atoms with Gasteiger partial charge in [-0.15, -0.1) is 0 Å². The lowest BCUT2D eigenvalue weighted by Gasteiger charge is -2.35. The number of benzene rings is 1. The number of pyridine rings is 1. The Hall–Kier alpha value is -1.69. The first-order chi connectivity index (χ1) is 15.0. The third kappa shape index (κ3) is 9.05. The Labute approximate surface area is 194 Å². The van der Waals surface area contributed by atoms with Gasteiger partial charge in [0.15, 0.2) is 0 Å². The van der Waals surface area contributed by atoms with Gasteiger partial charge in [-0.25, -0.2) is 0 Å². The van der Waals surface area contributed by atoms with E-state index >= 15 is 0 Å². The van der Waals surface area contributed by atoms with Crippen LogP contribution in [0.1, 0.15) is 74.7 Å². The predicted molar refractivity (Wildman–Crippen MR) is 131 cm³/mol. The number of aromatic nitrogens is 1. The number of nitrogens with zero attached hydrogens (tertiary/aromatic N) is 1. The van der Waals surface area contributed by atoms with E-state index in [0.29, 0.717) is 19.8 Å². The second-order valence-corrected chi connectivity index (χ2v) is 10.3. The zero-order chi connectivity index (χ0) is 23.8. The highest BCUT2D eigenvalue weighted by molar-refractivity contribution is 5.79. The molecular weight excluding hydrogens is 402 g/mol. The minimum absolute atomic E-state index is 0.0898. The molecule has 1 aromatic heterocycles. The maximum atomic E-state index is 6.31. The Morgan fingerprint density at radius 2 is 1.53 bits per heavy atom. The van der Waals surface area contributed by atoms with Crippen molar-refractivity contribution in [3.8, 4) is 5.75 Å². The summed E-state index contributed by atoms with van der Waals surface area (Å²) < 4.78 is 24.5. The van der Waals surface area contributed by atoms with Crippen LogP contribution in [0.2, 0.25) is 0 Å². The summed E-state index contributed by atoms with van der Waals surface area (Å²) in [6.07, 6.45) is 4.33. The highest BCUT2D eigenvalue weighted by atomic mass is 16.5. The SMILES string of the molecule is CCOC(CC(C)(C)OCC)CC(C)(C)OCCC(C)(C)Oc1ccc2ncccc2c1. The van der Waals surface area contributed by atoms with E-state index < -0.39 is 0 Å². The van der Waals surface area contributed by atoms with E-state index in [9.17, 15) is 0 Å². The molecule has 0 aliphatic carbocycles. The molecule has 0 saturated carbocycles. The summed E-state index contributed by atoms with van der Waals surface area (Å²) in [5.41, 5.74) is 0.115. The Balaban J connectivity index is 1.89. The molecule has 0 N–H and O–H groups in total. The first kappa shape index (κ1) is 26.6.